The second-order valence-corrected chi connectivity index (χ2v) is 5.68. The predicted molar refractivity (Wildman–Crippen MR) is 69.1 cm³/mol. The molecule has 18 heavy (non-hydrogen) atoms. The van der Waals surface area contributed by atoms with E-state index in [2.05, 4.69) is 5.32 Å². The molecular formula is C13H24N2O3. The van der Waals surface area contributed by atoms with Gasteiger partial charge in [-0.2, -0.15) is 0 Å². The molecule has 0 bridgehead atoms. The van der Waals surface area contributed by atoms with Crippen LogP contribution in [0.25, 0.3) is 0 Å². The summed E-state index contributed by atoms with van der Waals surface area (Å²) in [5, 5.41) is 2.84. The van der Waals surface area contributed by atoms with E-state index >= 15 is 0 Å². The van der Waals surface area contributed by atoms with Gasteiger partial charge in [0, 0.05) is 7.11 Å². The van der Waals surface area contributed by atoms with E-state index in [1.165, 1.54) is 0 Å². The second kappa shape index (κ2) is 4.88. The van der Waals surface area contributed by atoms with E-state index < -0.39 is 11.1 Å². The van der Waals surface area contributed by atoms with Gasteiger partial charge in [0.15, 0.2) is 0 Å². The molecule has 1 heterocycles. The summed E-state index contributed by atoms with van der Waals surface area (Å²) in [6.07, 6.45) is 0.573. The van der Waals surface area contributed by atoms with Crippen molar-refractivity contribution in [1.29, 1.82) is 0 Å². The average Bonchev–Trinajstić information content (AvgIpc) is 2.27. The molecule has 0 aliphatic carbocycles. The summed E-state index contributed by atoms with van der Waals surface area (Å²) in [5.41, 5.74) is -1.65. The minimum Gasteiger partial charge on any atom is -0.383 e. The predicted octanol–water partition coefficient (Wildman–Crippen LogP) is 0.927. The maximum Gasteiger partial charge on any atom is 0.249 e. The molecule has 5 nitrogen and oxygen atoms in total. The number of carbonyl (C=O) groups is 2. The Bertz CT molecular complexity index is 354. The highest BCUT2D eigenvalue weighted by molar-refractivity contribution is 6.01. The lowest BCUT2D eigenvalue weighted by molar-refractivity contribution is -0.164. The Morgan fingerprint density at radius 2 is 1.89 bits per heavy atom. The Morgan fingerprint density at radius 1 is 1.33 bits per heavy atom. The zero-order valence-corrected chi connectivity index (χ0v) is 12.2. The van der Waals surface area contributed by atoms with Crippen LogP contribution in [0.2, 0.25) is 0 Å². The van der Waals surface area contributed by atoms with Gasteiger partial charge in [0.1, 0.15) is 11.1 Å². The highest BCUT2D eigenvalue weighted by Crippen LogP contribution is 2.29. The molecule has 2 amide bonds. The summed E-state index contributed by atoms with van der Waals surface area (Å²) in [6, 6.07) is -0.130. The van der Waals surface area contributed by atoms with E-state index in [4.69, 9.17) is 4.74 Å². The van der Waals surface area contributed by atoms with Gasteiger partial charge in [-0.1, -0.05) is 6.92 Å². The van der Waals surface area contributed by atoms with Crippen LogP contribution in [0.4, 0.5) is 0 Å². The number of methoxy groups -OCH3 is 1. The molecule has 1 rings (SSSR count). The number of amides is 2. The van der Waals surface area contributed by atoms with Gasteiger partial charge in [-0.25, -0.2) is 0 Å². The Morgan fingerprint density at radius 3 is 2.33 bits per heavy atom. The van der Waals surface area contributed by atoms with E-state index in [1.807, 2.05) is 13.8 Å². The van der Waals surface area contributed by atoms with E-state index in [0.717, 1.165) is 0 Å². The monoisotopic (exact) mass is 256 g/mol. The summed E-state index contributed by atoms with van der Waals surface area (Å²) in [7, 11) is 1.59. The van der Waals surface area contributed by atoms with Gasteiger partial charge in [-0.05, 0) is 34.1 Å². The number of nitrogens with zero attached hydrogens (tertiary/aromatic N) is 1. The molecule has 0 spiro atoms. The largest absolute Gasteiger partial charge is 0.383 e. The summed E-state index contributed by atoms with van der Waals surface area (Å²) >= 11 is 0. The molecular weight excluding hydrogens is 232 g/mol. The molecule has 0 aromatic carbocycles. The molecule has 104 valence electrons. The van der Waals surface area contributed by atoms with Gasteiger partial charge in [-0.3, -0.25) is 9.59 Å². The fourth-order valence-electron chi connectivity index (χ4n) is 2.39. The molecule has 1 fully saturated rings. The molecule has 0 radical (unpaired) electrons. The van der Waals surface area contributed by atoms with Gasteiger partial charge in [0.2, 0.25) is 11.8 Å². The SMILES string of the molecule is CCC1(C)NC(=O)C(C)(C)N(C(C)COC)C1=O. The average molecular weight is 256 g/mol. The highest BCUT2D eigenvalue weighted by atomic mass is 16.5. The van der Waals surface area contributed by atoms with Crippen LogP contribution in [0.15, 0.2) is 0 Å². The molecule has 2 unspecified atom stereocenters. The van der Waals surface area contributed by atoms with Crippen molar-refractivity contribution in [3.63, 3.8) is 0 Å². The molecule has 1 saturated heterocycles. The van der Waals surface area contributed by atoms with Gasteiger partial charge in [-0.15, -0.1) is 0 Å². The van der Waals surface area contributed by atoms with Crippen molar-refractivity contribution in [2.24, 2.45) is 0 Å². The van der Waals surface area contributed by atoms with Crippen molar-refractivity contribution >= 4 is 11.8 Å². The molecule has 0 aromatic rings. The maximum atomic E-state index is 12.6. The number of hydrogen-bond donors (Lipinski definition) is 1. The Balaban J connectivity index is 3.15. The Labute approximate surface area is 109 Å². The lowest BCUT2D eigenvalue weighted by Gasteiger charge is -2.50. The quantitative estimate of drug-likeness (QED) is 0.814. The first-order valence-corrected chi connectivity index (χ1v) is 6.36. The molecule has 1 aliphatic heterocycles. The first kappa shape index (κ1) is 15.0. The highest BCUT2D eigenvalue weighted by Gasteiger charge is 2.52. The maximum absolute atomic E-state index is 12.6. The molecule has 1 N–H and O–H groups in total. The van der Waals surface area contributed by atoms with Crippen LogP contribution in [0, 0.1) is 0 Å². The standard InChI is InChI=1S/C13H24N2O3/c1-7-13(5)11(17)15(9(2)8-18-6)12(3,4)10(16)14-13/h9H,7-8H2,1-6H3,(H,14,16). The molecule has 1 aliphatic rings. The number of piperazine rings is 1. The van der Waals surface area contributed by atoms with Crippen LogP contribution in [0.1, 0.15) is 41.0 Å². The topological polar surface area (TPSA) is 58.6 Å². The number of rotatable bonds is 4. The summed E-state index contributed by atoms with van der Waals surface area (Å²) in [5.74, 6) is -0.159. The summed E-state index contributed by atoms with van der Waals surface area (Å²) in [6.45, 7) is 9.52. The Kier molecular flexibility index (Phi) is 4.05. The van der Waals surface area contributed by atoms with Gasteiger partial charge >= 0.3 is 0 Å². The van der Waals surface area contributed by atoms with Crippen LogP contribution in [-0.4, -0.2) is 47.6 Å². The van der Waals surface area contributed by atoms with E-state index in [0.29, 0.717) is 13.0 Å². The number of ether oxygens (including phenoxy) is 1. The van der Waals surface area contributed by atoms with Crippen LogP contribution in [-0.2, 0) is 14.3 Å². The minimum absolute atomic E-state index is 0.0425. The molecule has 5 heteroatoms. The third-order valence-corrected chi connectivity index (χ3v) is 3.79. The lowest BCUT2D eigenvalue weighted by atomic mass is 9.85. The Hall–Kier alpha value is -1.10. The summed E-state index contributed by atoms with van der Waals surface area (Å²) in [4.78, 5) is 26.5. The van der Waals surface area contributed by atoms with Crippen molar-refractivity contribution in [2.45, 2.75) is 58.2 Å². The van der Waals surface area contributed by atoms with Gasteiger partial charge in [0.25, 0.3) is 0 Å². The van der Waals surface area contributed by atoms with Gasteiger partial charge < -0.3 is 15.0 Å². The number of hydrogen-bond acceptors (Lipinski definition) is 3. The molecule has 0 saturated carbocycles. The normalized spacial score (nSPS) is 29.1. The zero-order valence-electron chi connectivity index (χ0n) is 12.2. The molecule has 0 aromatic heterocycles. The lowest BCUT2D eigenvalue weighted by Crippen LogP contribution is -2.74. The van der Waals surface area contributed by atoms with E-state index in [-0.39, 0.29) is 17.9 Å². The second-order valence-electron chi connectivity index (χ2n) is 5.68. The smallest absolute Gasteiger partial charge is 0.249 e. The van der Waals surface area contributed by atoms with Crippen molar-refractivity contribution in [3.05, 3.63) is 0 Å². The number of nitrogens with one attached hydrogen (secondary N) is 1. The molecule has 2 atom stereocenters. The van der Waals surface area contributed by atoms with E-state index in [9.17, 15) is 9.59 Å². The summed E-state index contributed by atoms with van der Waals surface area (Å²) < 4.78 is 5.11. The van der Waals surface area contributed by atoms with Crippen LogP contribution >= 0.6 is 0 Å². The first-order chi connectivity index (χ1) is 8.20. The first-order valence-electron chi connectivity index (χ1n) is 6.36. The fraction of sp³-hybridized carbons (Fsp3) is 0.846. The minimum atomic E-state index is -0.844. The van der Waals surface area contributed by atoms with Crippen molar-refractivity contribution in [1.82, 2.24) is 10.2 Å². The zero-order chi connectivity index (χ0) is 14.1. The van der Waals surface area contributed by atoms with Crippen LogP contribution in [0.3, 0.4) is 0 Å². The van der Waals surface area contributed by atoms with E-state index in [1.54, 1.807) is 32.8 Å². The van der Waals surface area contributed by atoms with Crippen molar-refractivity contribution < 1.29 is 14.3 Å². The van der Waals surface area contributed by atoms with Crippen LogP contribution < -0.4 is 5.32 Å². The van der Waals surface area contributed by atoms with Gasteiger partial charge in [0.05, 0.1) is 12.6 Å². The number of carbonyl (C=O) groups excluding carboxylic acids is 2. The third-order valence-electron chi connectivity index (χ3n) is 3.79. The third kappa shape index (κ3) is 2.23. The van der Waals surface area contributed by atoms with Crippen LogP contribution in [0.5, 0.6) is 0 Å². The fourth-order valence-corrected chi connectivity index (χ4v) is 2.39. The van der Waals surface area contributed by atoms with Crippen molar-refractivity contribution in [2.75, 3.05) is 13.7 Å². The van der Waals surface area contributed by atoms with Crippen molar-refractivity contribution in [3.8, 4) is 0 Å².